The summed E-state index contributed by atoms with van der Waals surface area (Å²) in [6.45, 7) is 1.86. The van der Waals surface area contributed by atoms with Crippen molar-refractivity contribution in [2.75, 3.05) is 4.90 Å². The van der Waals surface area contributed by atoms with Crippen LogP contribution in [-0.4, -0.2) is 17.8 Å². The van der Waals surface area contributed by atoms with Gasteiger partial charge in [-0.15, -0.1) is 0 Å². The van der Waals surface area contributed by atoms with Crippen molar-refractivity contribution in [2.45, 2.75) is 6.92 Å². The summed E-state index contributed by atoms with van der Waals surface area (Å²) in [7, 11) is 0. The molecule has 3 rings (SSSR count). The zero-order valence-electron chi connectivity index (χ0n) is 13.6. The highest BCUT2D eigenvalue weighted by Crippen LogP contribution is 2.21. The Kier molecular flexibility index (Phi) is 4.57. The molecule has 1 fully saturated rings. The standard InChI is InChI=1S/C20H16N2O3/c1-14-7-5-11-16(13-14)22-19(24)17(18(23)21-20(22)25)12-6-10-15-8-3-2-4-9-15/h2-13H,1H3,(H,21,23,25)/b10-6+,17-12+. The Morgan fingerprint density at radius 1 is 0.960 bits per heavy atom. The smallest absolute Gasteiger partial charge is 0.273 e. The minimum absolute atomic E-state index is 0.0895. The number of anilines is 1. The van der Waals surface area contributed by atoms with Crippen LogP contribution in [-0.2, 0) is 9.59 Å². The van der Waals surface area contributed by atoms with E-state index in [1.165, 1.54) is 6.08 Å². The Balaban J connectivity index is 1.90. The monoisotopic (exact) mass is 332 g/mol. The van der Waals surface area contributed by atoms with Crippen molar-refractivity contribution in [1.29, 1.82) is 0 Å². The van der Waals surface area contributed by atoms with Crippen molar-refractivity contribution < 1.29 is 14.4 Å². The number of imide groups is 2. The Bertz CT molecular complexity index is 898. The first-order valence-corrected chi connectivity index (χ1v) is 7.76. The highest BCUT2D eigenvalue weighted by molar-refractivity contribution is 6.37. The van der Waals surface area contributed by atoms with Gasteiger partial charge in [0.05, 0.1) is 5.69 Å². The van der Waals surface area contributed by atoms with Gasteiger partial charge in [0.15, 0.2) is 0 Å². The maximum atomic E-state index is 12.6. The van der Waals surface area contributed by atoms with Crippen molar-refractivity contribution in [2.24, 2.45) is 0 Å². The van der Waals surface area contributed by atoms with Crippen LogP contribution < -0.4 is 10.2 Å². The number of barbiturate groups is 1. The van der Waals surface area contributed by atoms with Crippen LogP contribution in [0.25, 0.3) is 6.08 Å². The van der Waals surface area contributed by atoms with Crippen LogP contribution in [0.5, 0.6) is 0 Å². The first-order chi connectivity index (χ1) is 12.1. The summed E-state index contributed by atoms with van der Waals surface area (Å²) in [5.74, 6) is -1.34. The predicted octanol–water partition coefficient (Wildman–Crippen LogP) is 3.22. The van der Waals surface area contributed by atoms with E-state index in [0.29, 0.717) is 5.69 Å². The van der Waals surface area contributed by atoms with Gasteiger partial charge in [0, 0.05) is 0 Å². The number of aryl methyl sites for hydroxylation is 1. The van der Waals surface area contributed by atoms with Crippen LogP contribution in [0.3, 0.4) is 0 Å². The van der Waals surface area contributed by atoms with Gasteiger partial charge in [0.2, 0.25) is 0 Å². The van der Waals surface area contributed by atoms with Gasteiger partial charge < -0.3 is 0 Å². The highest BCUT2D eigenvalue weighted by atomic mass is 16.2. The third-order valence-corrected chi connectivity index (χ3v) is 3.71. The van der Waals surface area contributed by atoms with Crippen LogP contribution in [0.4, 0.5) is 10.5 Å². The van der Waals surface area contributed by atoms with Crippen LogP contribution in [0.2, 0.25) is 0 Å². The lowest BCUT2D eigenvalue weighted by Gasteiger charge is -2.26. The van der Waals surface area contributed by atoms with E-state index in [1.54, 1.807) is 30.4 Å². The van der Waals surface area contributed by atoms with E-state index in [9.17, 15) is 14.4 Å². The molecule has 0 spiro atoms. The molecule has 1 N–H and O–H groups in total. The van der Waals surface area contributed by atoms with E-state index in [2.05, 4.69) is 5.32 Å². The molecule has 1 aliphatic heterocycles. The van der Waals surface area contributed by atoms with Gasteiger partial charge in [0.1, 0.15) is 5.57 Å². The summed E-state index contributed by atoms with van der Waals surface area (Å²) in [5, 5.41) is 2.20. The molecule has 1 heterocycles. The van der Waals surface area contributed by atoms with Gasteiger partial charge in [-0.2, -0.15) is 0 Å². The molecular weight excluding hydrogens is 316 g/mol. The summed E-state index contributed by atoms with van der Waals surface area (Å²) in [6, 6.07) is 15.7. The number of allylic oxidation sites excluding steroid dienone is 2. The summed E-state index contributed by atoms with van der Waals surface area (Å²) >= 11 is 0. The number of nitrogens with zero attached hydrogens (tertiary/aromatic N) is 1. The molecule has 0 aromatic heterocycles. The number of hydrogen-bond donors (Lipinski definition) is 1. The molecular formula is C20H16N2O3. The summed E-state index contributed by atoms with van der Waals surface area (Å²) in [5.41, 5.74) is 2.18. The molecule has 1 saturated heterocycles. The van der Waals surface area contributed by atoms with E-state index >= 15 is 0 Å². The molecule has 0 unspecified atom stereocenters. The lowest BCUT2D eigenvalue weighted by Crippen LogP contribution is -2.54. The van der Waals surface area contributed by atoms with Gasteiger partial charge in [-0.1, -0.05) is 54.6 Å². The SMILES string of the molecule is Cc1cccc(N2C(=O)NC(=O)/C(=C\C=C\c3ccccc3)C2=O)c1. The van der Waals surface area contributed by atoms with Crippen LogP contribution in [0.1, 0.15) is 11.1 Å². The Labute approximate surface area is 145 Å². The molecule has 4 amide bonds. The second kappa shape index (κ2) is 6.97. The number of rotatable bonds is 3. The Morgan fingerprint density at radius 2 is 1.72 bits per heavy atom. The van der Waals surface area contributed by atoms with E-state index in [4.69, 9.17) is 0 Å². The number of benzene rings is 2. The number of amides is 4. The van der Waals surface area contributed by atoms with E-state index in [1.807, 2.05) is 43.3 Å². The van der Waals surface area contributed by atoms with Crippen molar-refractivity contribution in [3.05, 3.63) is 83.4 Å². The lowest BCUT2D eigenvalue weighted by atomic mass is 10.1. The van der Waals surface area contributed by atoms with Crippen molar-refractivity contribution in [3.63, 3.8) is 0 Å². The molecule has 5 nitrogen and oxygen atoms in total. The summed E-state index contributed by atoms with van der Waals surface area (Å²) in [6.07, 6.45) is 4.81. The molecule has 1 aliphatic rings. The van der Waals surface area contributed by atoms with Gasteiger partial charge >= 0.3 is 6.03 Å². The lowest BCUT2D eigenvalue weighted by molar-refractivity contribution is -0.122. The number of nitrogens with one attached hydrogen (secondary N) is 1. The third-order valence-electron chi connectivity index (χ3n) is 3.71. The number of carbonyl (C=O) groups is 3. The minimum atomic E-state index is -0.746. The molecule has 0 aliphatic carbocycles. The van der Waals surface area contributed by atoms with Crippen LogP contribution >= 0.6 is 0 Å². The molecule has 0 radical (unpaired) electrons. The Morgan fingerprint density at radius 3 is 2.44 bits per heavy atom. The van der Waals surface area contributed by atoms with Gasteiger partial charge in [-0.25, -0.2) is 9.69 Å². The fourth-order valence-electron chi connectivity index (χ4n) is 2.50. The van der Waals surface area contributed by atoms with Crippen LogP contribution in [0.15, 0.2) is 72.3 Å². The molecule has 0 atom stereocenters. The molecule has 124 valence electrons. The topological polar surface area (TPSA) is 66.5 Å². The number of hydrogen-bond acceptors (Lipinski definition) is 3. The summed E-state index contributed by atoms with van der Waals surface area (Å²) in [4.78, 5) is 37.7. The third kappa shape index (κ3) is 3.55. The van der Waals surface area contributed by atoms with E-state index < -0.39 is 17.8 Å². The molecule has 25 heavy (non-hydrogen) atoms. The van der Waals surface area contributed by atoms with E-state index in [0.717, 1.165) is 16.0 Å². The predicted molar refractivity (Wildman–Crippen MR) is 95.8 cm³/mol. The van der Waals surface area contributed by atoms with Gasteiger partial charge in [-0.3, -0.25) is 14.9 Å². The largest absolute Gasteiger partial charge is 0.335 e. The van der Waals surface area contributed by atoms with Crippen molar-refractivity contribution >= 4 is 29.6 Å². The first-order valence-electron chi connectivity index (χ1n) is 7.76. The normalized spacial score (nSPS) is 16.6. The molecule has 0 saturated carbocycles. The zero-order chi connectivity index (χ0) is 17.8. The van der Waals surface area contributed by atoms with Crippen molar-refractivity contribution in [3.8, 4) is 0 Å². The van der Waals surface area contributed by atoms with Crippen LogP contribution in [0, 0.1) is 6.92 Å². The highest BCUT2D eigenvalue weighted by Gasteiger charge is 2.36. The fraction of sp³-hybridized carbons (Fsp3) is 0.0500. The minimum Gasteiger partial charge on any atom is -0.273 e. The Hall–Kier alpha value is -3.47. The second-order valence-corrected chi connectivity index (χ2v) is 5.59. The van der Waals surface area contributed by atoms with Crippen molar-refractivity contribution in [1.82, 2.24) is 5.32 Å². The molecule has 2 aromatic rings. The fourth-order valence-corrected chi connectivity index (χ4v) is 2.50. The molecule has 5 heteroatoms. The average molecular weight is 332 g/mol. The average Bonchev–Trinajstić information content (AvgIpc) is 2.58. The van der Waals surface area contributed by atoms with Gasteiger partial charge in [0.25, 0.3) is 11.8 Å². The summed E-state index contributed by atoms with van der Waals surface area (Å²) < 4.78 is 0. The molecule has 0 bridgehead atoms. The maximum absolute atomic E-state index is 12.6. The zero-order valence-corrected chi connectivity index (χ0v) is 13.6. The van der Waals surface area contributed by atoms with E-state index in [-0.39, 0.29) is 5.57 Å². The first kappa shape index (κ1) is 16.4. The maximum Gasteiger partial charge on any atom is 0.335 e. The number of urea groups is 1. The molecule has 2 aromatic carbocycles. The van der Waals surface area contributed by atoms with Gasteiger partial charge in [-0.05, 0) is 36.3 Å². The quantitative estimate of drug-likeness (QED) is 0.693. The number of carbonyl (C=O) groups excluding carboxylic acids is 3. The second-order valence-electron chi connectivity index (χ2n) is 5.59.